The van der Waals surface area contributed by atoms with Crippen molar-refractivity contribution in [1.29, 1.82) is 0 Å². The Morgan fingerprint density at radius 3 is 2.54 bits per heavy atom. The van der Waals surface area contributed by atoms with E-state index in [1.54, 1.807) is 31.2 Å². The number of hydrogen-bond acceptors (Lipinski definition) is 10. The van der Waals surface area contributed by atoms with Gasteiger partial charge in [-0.1, -0.05) is 11.2 Å². The molecule has 13 nitrogen and oxygen atoms in total. The van der Waals surface area contributed by atoms with E-state index in [2.05, 4.69) is 41.6 Å². The molecule has 4 N–H and O–H groups in total. The van der Waals surface area contributed by atoms with E-state index in [0.717, 1.165) is 12.8 Å². The van der Waals surface area contributed by atoms with Gasteiger partial charge in [-0.3, -0.25) is 14.4 Å². The molecule has 16 heteroatoms. The second kappa shape index (κ2) is 11.2. The Morgan fingerprint density at radius 1 is 1.15 bits per heavy atom. The number of methoxy groups -OCH3 is 1. The second-order valence-corrected chi connectivity index (χ2v) is 10.4. The Bertz CT molecular complexity index is 1410. The summed E-state index contributed by atoms with van der Waals surface area (Å²) in [5, 5.41) is 23.2. The van der Waals surface area contributed by atoms with E-state index in [1.165, 1.54) is 14.0 Å². The first-order valence-corrected chi connectivity index (χ1v) is 12.5. The molecule has 2 heterocycles. The molecule has 1 aromatic carbocycles. The minimum atomic E-state index is -0.517. The smallest absolute Gasteiger partial charge is 0.272 e. The number of benzene rings is 1. The summed E-state index contributed by atoms with van der Waals surface area (Å²) in [5.41, 5.74) is 1.30. The first kappa shape index (κ1) is 27.7. The fourth-order valence-corrected chi connectivity index (χ4v) is 3.75. The number of rotatable bonds is 10. The maximum atomic E-state index is 13.1. The zero-order valence-corrected chi connectivity index (χ0v) is 22.7. The molecule has 200 valence electrons. The van der Waals surface area contributed by atoms with Crippen LogP contribution in [0.15, 0.2) is 28.8 Å². The summed E-state index contributed by atoms with van der Waals surface area (Å²) >= 11 is 0. The van der Waals surface area contributed by atoms with Crippen molar-refractivity contribution in [2.24, 2.45) is 5.92 Å². The van der Waals surface area contributed by atoms with Crippen molar-refractivity contribution >= 4 is 58.5 Å². The topological polar surface area (TPSA) is 173 Å². The third-order valence-electron chi connectivity index (χ3n) is 5.66. The summed E-state index contributed by atoms with van der Waals surface area (Å²) in [7, 11) is 7.05. The summed E-state index contributed by atoms with van der Waals surface area (Å²) in [6.45, 7) is 3.15. The van der Waals surface area contributed by atoms with Gasteiger partial charge >= 0.3 is 0 Å². The number of aromatic nitrogens is 4. The van der Waals surface area contributed by atoms with Crippen LogP contribution in [0.2, 0.25) is 0 Å². The summed E-state index contributed by atoms with van der Waals surface area (Å²) < 4.78 is 11.1. The van der Waals surface area contributed by atoms with Gasteiger partial charge in [0, 0.05) is 18.9 Å². The van der Waals surface area contributed by atoms with Crippen LogP contribution in [0.25, 0.3) is 11.5 Å². The highest BCUT2D eigenvalue weighted by Crippen LogP contribution is 2.38. The predicted molar refractivity (Wildman–Crippen MR) is 151 cm³/mol. The molecule has 4 rings (SSSR count). The Balaban J connectivity index is 1.69. The van der Waals surface area contributed by atoms with E-state index in [9.17, 15) is 14.4 Å². The van der Waals surface area contributed by atoms with Gasteiger partial charge in [0.25, 0.3) is 11.8 Å². The first-order valence-electron chi connectivity index (χ1n) is 12.5. The molecular formula is C23H29B3N8O5. The van der Waals surface area contributed by atoms with Gasteiger partial charge in [0.1, 0.15) is 23.5 Å². The average Bonchev–Trinajstić information content (AvgIpc) is 3.59. The van der Waals surface area contributed by atoms with E-state index < -0.39 is 17.2 Å². The SMILES string of the molecule is BC(B)(B)NC(=O)c1nnc(NC(=O)C2CC2)cc1Nc1cccc(-c2nc([C@@H](C)NC(C)=O)no2)c1OC. The number of carbonyl (C=O) groups excluding carboxylic acids is 3. The van der Waals surface area contributed by atoms with Crippen LogP contribution in [0, 0.1) is 5.92 Å². The fraction of sp³-hybridized carbons (Fsp3) is 0.348. The van der Waals surface area contributed by atoms with E-state index >= 15 is 0 Å². The molecule has 1 saturated carbocycles. The molecule has 0 bridgehead atoms. The van der Waals surface area contributed by atoms with Crippen LogP contribution in [0.3, 0.4) is 0 Å². The van der Waals surface area contributed by atoms with Crippen molar-refractivity contribution in [3.8, 4) is 17.2 Å². The van der Waals surface area contributed by atoms with Crippen molar-refractivity contribution in [3.05, 3.63) is 35.8 Å². The minimum Gasteiger partial charge on any atom is -0.494 e. The zero-order valence-electron chi connectivity index (χ0n) is 22.7. The normalized spacial score (nSPS) is 13.7. The number of amides is 3. The molecule has 0 unspecified atom stereocenters. The molecule has 1 aliphatic carbocycles. The van der Waals surface area contributed by atoms with Crippen molar-refractivity contribution < 1.29 is 23.6 Å². The number of hydrogen-bond donors (Lipinski definition) is 4. The van der Waals surface area contributed by atoms with Crippen molar-refractivity contribution in [3.63, 3.8) is 0 Å². The Labute approximate surface area is 227 Å². The number of carbonyl (C=O) groups is 3. The Hall–Kier alpha value is -4.36. The molecule has 1 fully saturated rings. The molecular weight excluding hydrogens is 501 g/mol. The van der Waals surface area contributed by atoms with Crippen LogP contribution in [0.4, 0.5) is 17.2 Å². The first-order chi connectivity index (χ1) is 18.4. The lowest BCUT2D eigenvalue weighted by Crippen LogP contribution is -2.50. The van der Waals surface area contributed by atoms with Crippen LogP contribution >= 0.6 is 0 Å². The monoisotopic (exact) mass is 530 g/mol. The number of nitrogens with one attached hydrogen (secondary N) is 4. The molecule has 3 amide bonds. The van der Waals surface area contributed by atoms with Gasteiger partial charge in [0.2, 0.25) is 11.8 Å². The van der Waals surface area contributed by atoms with Gasteiger partial charge in [-0.15, -0.1) is 10.2 Å². The lowest BCUT2D eigenvalue weighted by molar-refractivity contribution is -0.119. The van der Waals surface area contributed by atoms with Crippen LogP contribution < -0.4 is 26.0 Å². The maximum Gasteiger partial charge on any atom is 0.272 e. The van der Waals surface area contributed by atoms with Gasteiger partial charge in [-0.2, -0.15) is 4.98 Å². The summed E-state index contributed by atoms with van der Waals surface area (Å²) in [4.78, 5) is 41.2. The second-order valence-electron chi connectivity index (χ2n) is 10.4. The van der Waals surface area contributed by atoms with E-state index in [-0.39, 0.29) is 35.1 Å². The third kappa shape index (κ3) is 6.95. The van der Waals surface area contributed by atoms with Crippen molar-refractivity contribution in [2.45, 2.75) is 38.0 Å². The zero-order chi connectivity index (χ0) is 28.3. The quantitative estimate of drug-likeness (QED) is 0.240. The number of para-hydroxylation sites is 1. The average molecular weight is 530 g/mol. The lowest BCUT2D eigenvalue weighted by Gasteiger charge is -2.21. The minimum absolute atomic E-state index is 0.0310. The number of ether oxygens (including phenoxy) is 1. The standard InChI is InChI=1S/C23H29B3N8O5/c1-10(27-11(2)35)19-30-22(39-34-19)13-5-4-6-14(18(13)38-3)28-15-9-16(29-20(36)12-7-8-12)32-33-17(15)21(37)31-23(24,25)26/h4-6,9-10,12H,7-8,24-26H2,1-3H3,(H,27,35)(H,31,37)(H2,28,29,32,36)/t10-/m1/s1. The molecule has 2 aromatic heterocycles. The number of anilines is 3. The molecule has 39 heavy (non-hydrogen) atoms. The third-order valence-corrected chi connectivity index (χ3v) is 5.66. The molecule has 0 aliphatic heterocycles. The summed E-state index contributed by atoms with van der Waals surface area (Å²) in [5.74, 6) is 0.227. The van der Waals surface area contributed by atoms with Crippen molar-refractivity contribution in [2.75, 3.05) is 17.7 Å². The van der Waals surface area contributed by atoms with Gasteiger partial charge in [0.15, 0.2) is 23.1 Å². The molecule has 1 aliphatic rings. The summed E-state index contributed by atoms with van der Waals surface area (Å²) in [6, 6.07) is 6.33. The van der Waals surface area contributed by atoms with Crippen LogP contribution in [0.5, 0.6) is 5.75 Å². The Kier molecular flexibility index (Phi) is 7.93. The lowest BCUT2D eigenvalue weighted by atomic mass is 9.49. The van der Waals surface area contributed by atoms with E-state index in [4.69, 9.17) is 9.26 Å². The number of nitrogens with zero attached hydrogens (tertiary/aromatic N) is 4. The Morgan fingerprint density at radius 2 is 1.90 bits per heavy atom. The molecule has 3 aromatic rings. The van der Waals surface area contributed by atoms with E-state index in [0.29, 0.717) is 28.5 Å². The van der Waals surface area contributed by atoms with Gasteiger partial charge in [0.05, 0.1) is 30.1 Å². The largest absolute Gasteiger partial charge is 0.494 e. The highest BCUT2D eigenvalue weighted by Gasteiger charge is 2.30. The predicted octanol–water partition coefficient (Wildman–Crippen LogP) is -0.935. The maximum absolute atomic E-state index is 13.1. The molecule has 0 spiro atoms. The van der Waals surface area contributed by atoms with Gasteiger partial charge < -0.3 is 30.5 Å². The molecule has 1 atom stereocenters. The van der Waals surface area contributed by atoms with E-state index in [1.807, 2.05) is 23.5 Å². The fourth-order valence-electron chi connectivity index (χ4n) is 3.75. The van der Waals surface area contributed by atoms with Crippen LogP contribution in [0.1, 0.15) is 49.0 Å². The van der Waals surface area contributed by atoms with Crippen molar-refractivity contribution in [1.82, 2.24) is 31.0 Å². The van der Waals surface area contributed by atoms with Crippen LogP contribution in [-0.2, 0) is 9.59 Å². The van der Waals surface area contributed by atoms with Crippen LogP contribution in [-0.4, -0.2) is 73.9 Å². The molecule has 0 radical (unpaired) electrons. The van der Waals surface area contributed by atoms with Gasteiger partial charge in [-0.05, 0) is 37.1 Å². The highest BCUT2D eigenvalue weighted by atomic mass is 16.5. The molecule has 0 saturated heterocycles. The highest BCUT2D eigenvalue weighted by molar-refractivity contribution is 6.60. The van der Waals surface area contributed by atoms with Gasteiger partial charge in [-0.25, -0.2) is 0 Å². The summed E-state index contributed by atoms with van der Waals surface area (Å²) in [6.07, 6.45) is 1.67.